The molecule has 2 N–H and O–H groups in total. The minimum absolute atomic E-state index is 0.00215. The van der Waals surface area contributed by atoms with Crippen LogP contribution in [0, 0.1) is 5.92 Å². The summed E-state index contributed by atoms with van der Waals surface area (Å²) in [4.78, 5) is 38.3. The van der Waals surface area contributed by atoms with E-state index < -0.39 is 17.1 Å². The molecule has 0 aliphatic heterocycles. The largest absolute Gasteiger partial charge is 0.456 e. The van der Waals surface area contributed by atoms with E-state index in [9.17, 15) is 14.4 Å². The Balaban J connectivity index is 2.61. The van der Waals surface area contributed by atoms with Crippen LogP contribution in [0.5, 0.6) is 0 Å². The van der Waals surface area contributed by atoms with Crippen molar-refractivity contribution in [2.24, 2.45) is 5.92 Å². The summed E-state index contributed by atoms with van der Waals surface area (Å²) in [6, 6.07) is 7.21. The van der Waals surface area contributed by atoms with E-state index in [1.807, 2.05) is 19.1 Å². The molecule has 0 saturated heterocycles. The number of ether oxygens (including phenoxy) is 1. The first-order chi connectivity index (χ1) is 14.7. The third kappa shape index (κ3) is 5.88. The van der Waals surface area contributed by atoms with Gasteiger partial charge in [0.2, 0.25) is 11.8 Å². The van der Waals surface area contributed by atoms with E-state index in [0.717, 1.165) is 18.4 Å². The van der Waals surface area contributed by atoms with Crippen LogP contribution >= 0.6 is 11.6 Å². The van der Waals surface area contributed by atoms with E-state index in [2.05, 4.69) is 17.2 Å². The van der Waals surface area contributed by atoms with Crippen molar-refractivity contribution in [2.75, 3.05) is 6.54 Å². The smallest absolute Gasteiger partial charge is 0.303 e. The van der Waals surface area contributed by atoms with Gasteiger partial charge in [-0.05, 0) is 49.3 Å². The molecule has 0 spiro atoms. The quantitative estimate of drug-likeness (QED) is 0.340. The summed E-state index contributed by atoms with van der Waals surface area (Å²) in [7, 11) is 0. The van der Waals surface area contributed by atoms with Gasteiger partial charge >= 0.3 is 5.97 Å². The molecule has 1 aromatic carbocycles. The van der Waals surface area contributed by atoms with Gasteiger partial charge in [0.05, 0.1) is 0 Å². The first-order valence-electron chi connectivity index (χ1n) is 10.8. The average Bonchev–Trinajstić information content (AvgIpc) is 2.70. The molecular weight excluding hydrogens is 416 g/mol. The van der Waals surface area contributed by atoms with Gasteiger partial charge in [0, 0.05) is 31.8 Å². The molecule has 1 aromatic rings. The van der Waals surface area contributed by atoms with E-state index in [4.69, 9.17) is 16.3 Å². The normalized spacial score (nSPS) is 25.4. The molecule has 1 aliphatic carbocycles. The Kier molecular flexibility index (Phi) is 8.69. The second-order valence-electron chi connectivity index (χ2n) is 8.33. The van der Waals surface area contributed by atoms with Crippen LogP contribution in [0.1, 0.15) is 58.4 Å². The van der Waals surface area contributed by atoms with Crippen LogP contribution in [0.4, 0.5) is 0 Å². The molecule has 3 unspecified atom stereocenters. The highest BCUT2D eigenvalue weighted by Gasteiger charge is 2.62. The molecule has 2 amide bonds. The number of carbonyl (C=O) groups excluding carboxylic acids is 3. The number of esters is 1. The molecule has 0 heterocycles. The maximum absolute atomic E-state index is 13.7. The summed E-state index contributed by atoms with van der Waals surface area (Å²) in [6.45, 7) is 9.12. The van der Waals surface area contributed by atoms with Gasteiger partial charge in [-0.25, -0.2) is 0 Å². The maximum Gasteiger partial charge on any atom is 0.303 e. The van der Waals surface area contributed by atoms with Gasteiger partial charge in [-0.15, -0.1) is 6.58 Å². The number of nitrogens with one attached hydrogen (secondary N) is 2. The predicted molar refractivity (Wildman–Crippen MR) is 122 cm³/mol. The highest BCUT2D eigenvalue weighted by Crippen LogP contribution is 2.46. The Hall–Kier alpha value is -2.34. The predicted octanol–water partition coefficient (Wildman–Crippen LogP) is 3.96. The zero-order valence-corrected chi connectivity index (χ0v) is 19.4. The van der Waals surface area contributed by atoms with E-state index in [-0.39, 0.29) is 24.2 Å². The van der Waals surface area contributed by atoms with Gasteiger partial charge in [-0.3, -0.25) is 14.4 Å². The monoisotopic (exact) mass is 448 g/mol. The lowest BCUT2D eigenvalue weighted by molar-refractivity contribution is -0.181. The lowest BCUT2D eigenvalue weighted by Crippen LogP contribution is -2.75. The molecule has 2 rings (SSSR count). The fourth-order valence-corrected chi connectivity index (χ4v) is 4.61. The molecule has 0 radical (unpaired) electrons. The highest BCUT2D eigenvalue weighted by molar-refractivity contribution is 6.30. The van der Waals surface area contributed by atoms with E-state index in [1.54, 1.807) is 18.2 Å². The number of hydrogen-bond acceptors (Lipinski definition) is 4. The zero-order valence-electron chi connectivity index (χ0n) is 18.6. The molecule has 7 heteroatoms. The van der Waals surface area contributed by atoms with Crippen molar-refractivity contribution < 1.29 is 19.1 Å². The van der Waals surface area contributed by atoms with Crippen LogP contribution < -0.4 is 10.6 Å². The van der Waals surface area contributed by atoms with E-state index in [1.165, 1.54) is 13.8 Å². The highest BCUT2D eigenvalue weighted by atomic mass is 35.5. The van der Waals surface area contributed by atoms with E-state index >= 15 is 0 Å². The molecule has 1 saturated carbocycles. The second kappa shape index (κ2) is 10.8. The molecule has 31 heavy (non-hydrogen) atoms. The van der Waals surface area contributed by atoms with Crippen LogP contribution in [0.2, 0.25) is 5.02 Å². The Bertz CT molecular complexity index is 810. The molecule has 1 fully saturated rings. The summed E-state index contributed by atoms with van der Waals surface area (Å²) < 4.78 is 5.97. The number of carbonyl (C=O) groups is 3. The van der Waals surface area contributed by atoms with E-state index in [0.29, 0.717) is 30.8 Å². The zero-order chi connectivity index (χ0) is 23.1. The van der Waals surface area contributed by atoms with Crippen LogP contribution in [0.15, 0.2) is 36.9 Å². The Morgan fingerprint density at radius 3 is 2.48 bits per heavy atom. The third-order valence-electron chi connectivity index (χ3n) is 5.93. The number of allylic oxidation sites excluding steroid dienone is 1. The number of hydrogen-bond donors (Lipinski definition) is 2. The minimum atomic E-state index is -1.42. The first-order valence-corrected chi connectivity index (χ1v) is 11.2. The molecule has 3 atom stereocenters. The third-order valence-corrected chi connectivity index (χ3v) is 6.19. The van der Waals surface area contributed by atoms with Crippen LogP contribution in [-0.2, 0) is 25.5 Å². The Labute approximate surface area is 189 Å². The molecule has 1 aliphatic rings. The van der Waals surface area contributed by atoms with Gasteiger partial charge in [0.1, 0.15) is 5.60 Å². The summed E-state index contributed by atoms with van der Waals surface area (Å²) in [5, 5.41) is 6.47. The van der Waals surface area contributed by atoms with Gasteiger partial charge in [-0.1, -0.05) is 43.2 Å². The standard InChI is InChI=1S/C24H33ClN2O4/c1-5-7-14-26-22(30)24(27-17(3)28)16-19(6-2)12-13-23(24,31-18(4)29)15-20-8-10-21(25)11-9-20/h6,8-11,19H,2,5,7,12-16H2,1,3-4H3,(H,26,30)(H,27,28). The first kappa shape index (κ1) is 24.9. The van der Waals surface area contributed by atoms with Crippen molar-refractivity contribution in [3.63, 3.8) is 0 Å². The number of benzene rings is 1. The Morgan fingerprint density at radius 2 is 1.94 bits per heavy atom. The number of amides is 2. The van der Waals surface area contributed by atoms with Gasteiger partial charge in [-0.2, -0.15) is 0 Å². The summed E-state index contributed by atoms with van der Waals surface area (Å²) in [5.74, 6) is -1.19. The van der Waals surface area contributed by atoms with Gasteiger partial charge < -0.3 is 15.4 Å². The van der Waals surface area contributed by atoms with Crippen molar-refractivity contribution >= 4 is 29.4 Å². The molecular formula is C24H33ClN2O4. The van der Waals surface area contributed by atoms with Gasteiger partial charge in [0.25, 0.3) is 0 Å². The summed E-state index contributed by atoms with van der Waals surface area (Å²) in [5.41, 5.74) is -1.80. The van der Waals surface area contributed by atoms with Crippen molar-refractivity contribution in [3.05, 3.63) is 47.5 Å². The average molecular weight is 449 g/mol. The molecule has 6 nitrogen and oxygen atoms in total. The molecule has 0 bridgehead atoms. The maximum atomic E-state index is 13.7. The van der Waals surface area contributed by atoms with Crippen LogP contribution in [0.25, 0.3) is 0 Å². The van der Waals surface area contributed by atoms with Crippen molar-refractivity contribution in [1.29, 1.82) is 0 Å². The summed E-state index contributed by atoms with van der Waals surface area (Å²) >= 11 is 6.04. The second-order valence-corrected chi connectivity index (χ2v) is 8.76. The summed E-state index contributed by atoms with van der Waals surface area (Å²) in [6.07, 6.45) is 5.20. The van der Waals surface area contributed by atoms with Crippen LogP contribution in [-0.4, -0.2) is 35.5 Å². The van der Waals surface area contributed by atoms with Gasteiger partial charge in [0.15, 0.2) is 5.54 Å². The van der Waals surface area contributed by atoms with Crippen molar-refractivity contribution in [1.82, 2.24) is 10.6 Å². The molecule has 0 aromatic heterocycles. The fraction of sp³-hybridized carbons (Fsp3) is 0.542. The number of unbranched alkanes of at least 4 members (excludes halogenated alkanes) is 1. The van der Waals surface area contributed by atoms with Crippen molar-refractivity contribution in [3.8, 4) is 0 Å². The van der Waals surface area contributed by atoms with Crippen LogP contribution in [0.3, 0.4) is 0 Å². The number of halogens is 1. The lowest BCUT2D eigenvalue weighted by Gasteiger charge is -2.53. The topological polar surface area (TPSA) is 84.5 Å². The Morgan fingerprint density at radius 1 is 1.26 bits per heavy atom. The minimum Gasteiger partial charge on any atom is -0.456 e. The number of rotatable bonds is 9. The fourth-order valence-electron chi connectivity index (χ4n) is 4.49. The lowest BCUT2D eigenvalue weighted by atomic mass is 9.62. The van der Waals surface area contributed by atoms with Crippen molar-refractivity contribution in [2.45, 2.75) is 70.4 Å². The SMILES string of the molecule is C=CC1CCC(Cc2ccc(Cl)cc2)(OC(C)=O)C(NC(C)=O)(C(=O)NCCCC)C1. The molecule has 170 valence electrons.